The van der Waals surface area contributed by atoms with E-state index in [1.165, 1.54) is 0 Å². The van der Waals surface area contributed by atoms with Crippen LogP contribution in [0.1, 0.15) is 25.1 Å². The standard InChI is InChI=1S/C15H17ClN2O/c1-15(2,14-5-3-4-8-18-14)19-13-7-6-11(10-17)9-12(13)16/h3-9H,10,17H2,1-2H3. The maximum absolute atomic E-state index is 6.20. The van der Waals surface area contributed by atoms with Gasteiger partial charge in [0.1, 0.15) is 11.4 Å². The fraction of sp³-hybridized carbons (Fsp3) is 0.267. The first-order valence-electron chi connectivity index (χ1n) is 6.12. The number of pyridine rings is 1. The molecular weight excluding hydrogens is 260 g/mol. The van der Waals surface area contributed by atoms with Crippen molar-refractivity contribution in [2.45, 2.75) is 26.0 Å². The van der Waals surface area contributed by atoms with E-state index < -0.39 is 5.60 Å². The van der Waals surface area contributed by atoms with E-state index in [4.69, 9.17) is 22.1 Å². The van der Waals surface area contributed by atoms with Gasteiger partial charge in [-0.1, -0.05) is 23.7 Å². The van der Waals surface area contributed by atoms with Crippen LogP contribution in [0.15, 0.2) is 42.6 Å². The van der Waals surface area contributed by atoms with Gasteiger partial charge in [0.25, 0.3) is 0 Å². The van der Waals surface area contributed by atoms with Gasteiger partial charge in [0.15, 0.2) is 0 Å². The van der Waals surface area contributed by atoms with Crippen molar-refractivity contribution in [1.82, 2.24) is 4.98 Å². The van der Waals surface area contributed by atoms with Crippen LogP contribution in [0.4, 0.5) is 0 Å². The molecule has 0 atom stereocenters. The van der Waals surface area contributed by atoms with Crippen LogP contribution in [-0.4, -0.2) is 4.98 Å². The summed E-state index contributed by atoms with van der Waals surface area (Å²) >= 11 is 6.20. The second kappa shape index (κ2) is 5.59. The molecule has 1 aromatic heterocycles. The van der Waals surface area contributed by atoms with E-state index in [1.54, 1.807) is 6.20 Å². The summed E-state index contributed by atoms with van der Waals surface area (Å²) in [5.74, 6) is 0.634. The highest BCUT2D eigenvalue weighted by atomic mass is 35.5. The third kappa shape index (κ3) is 3.25. The van der Waals surface area contributed by atoms with Gasteiger partial charge >= 0.3 is 0 Å². The van der Waals surface area contributed by atoms with Crippen LogP contribution >= 0.6 is 11.6 Å². The average molecular weight is 277 g/mol. The number of nitrogens with two attached hydrogens (primary N) is 1. The molecule has 0 radical (unpaired) electrons. The molecule has 0 bridgehead atoms. The Balaban J connectivity index is 2.25. The Labute approximate surface area is 118 Å². The summed E-state index contributed by atoms with van der Waals surface area (Å²) in [7, 11) is 0. The lowest BCUT2D eigenvalue weighted by Gasteiger charge is -2.26. The zero-order valence-corrected chi connectivity index (χ0v) is 11.8. The van der Waals surface area contributed by atoms with Crippen molar-refractivity contribution in [3.8, 4) is 5.75 Å². The smallest absolute Gasteiger partial charge is 0.145 e. The van der Waals surface area contributed by atoms with E-state index in [2.05, 4.69) is 4.98 Å². The Hall–Kier alpha value is -1.58. The number of rotatable bonds is 4. The van der Waals surface area contributed by atoms with Crippen LogP contribution in [0.2, 0.25) is 5.02 Å². The van der Waals surface area contributed by atoms with Gasteiger partial charge in [-0.3, -0.25) is 4.98 Å². The van der Waals surface area contributed by atoms with E-state index in [0.717, 1.165) is 11.3 Å². The van der Waals surface area contributed by atoms with Crippen molar-refractivity contribution in [2.24, 2.45) is 5.73 Å². The van der Waals surface area contributed by atoms with Crippen molar-refractivity contribution in [3.05, 3.63) is 58.9 Å². The zero-order valence-electron chi connectivity index (χ0n) is 11.1. The topological polar surface area (TPSA) is 48.1 Å². The van der Waals surface area contributed by atoms with Gasteiger partial charge in [-0.2, -0.15) is 0 Å². The van der Waals surface area contributed by atoms with Gasteiger partial charge in [-0.15, -0.1) is 0 Å². The molecule has 0 unspecified atom stereocenters. The molecule has 0 aliphatic heterocycles. The molecule has 0 fully saturated rings. The number of benzene rings is 1. The molecule has 2 rings (SSSR count). The predicted molar refractivity (Wildman–Crippen MR) is 77.2 cm³/mol. The van der Waals surface area contributed by atoms with Gasteiger partial charge in [0.05, 0.1) is 10.7 Å². The zero-order chi connectivity index (χ0) is 13.9. The fourth-order valence-electron chi connectivity index (χ4n) is 1.80. The molecule has 0 spiro atoms. The second-order valence-corrected chi connectivity index (χ2v) is 5.20. The SMILES string of the molecule is CC(C)(Oc1ccc(CN)cc1Cl)c1ccccn1. The monoisotopic (exact) mass is 276 g/mol. The van der Waals surface area contributed by atoms with Crippen LogP contribution < -0.4 is 10.5 Å². The summed E-state index contributed by atoms with van der Waals surface area (Å²) in [4.78, 5) is 4.32. The van der Waals surface area contributed by atoms with E-state index in [-0.39, 0.29) is 0 Å². The molecule has 0 saturated heterocycles. The fourth-order valence-corrected chi connectivity index (χ4v) is 2.04. The highest BCUT2D eigenvalue weighted by molar-refractivity contribution is 6.32. The average Bonchev–Trinajstić information content (AvgIpc) is 2.42. The summed E-state index contributed by atoms with van der Waals surface area (Å²) < 4.78 is 5.98. The Morgan fingerprint density at radius 1 is 1.26 bits per heavy atom. The molecule has 1 aromatic carbocycles. The van der Waals surface area contributed by atoms with Gasteiger partial charge in [0, 0.05) is 12.7 Å². The lowest BCUT2D eigenvalue weighted by atomic mass is 10.0. The molecular formula is C15H17ClN2O. The molecule has 0 amide bonds. The lowest BCUT2D eigenvalue weighted by molar-refractivity contribution is 0.104. The molecule has 0 saturated carbocycles. The van der Waals surface area contributed by atoms with Gasteiger partial charge < -0.3 is 10.5 Å². The summed E-state index contributed by atoms with van der Waals surface area (Å²) in [5.41, 5.74) is 6.87. The van der Waals surface area contributed by atoms with Crippen LogP contribution in [0.25, 0.3) is 0 Å². The maximum Gasteiger partial charge on any atom is 0.145 e. The van der Waals surface area contributed by atoms with E-state index in [0.29, 0.717) is 17.3 Å². The first-order chi connectivity index (χ1) is 9.03. The molecule has 100 valence electrons. The molecule has 2 N–H and O–H groups in total. The Morgan fingerprint density at radius 3 is 2.63 bits per heavy atom. The van der Waals surface area contributed by atoms with Crippen molar-refractivity contribution in [1.29, 1.82) is 0 Å². The number of halogens is 1. The Kier molecular flexibility index (Phi) is 4.08. The van der Waals surface area contributed by atoms with E-state index in [1.807, 2.05) is 50.2 Å². The summed E-state index contributed by atoms with van der Waals surface area (Å²) in [5, 5.41) is 0.562. The molecule has 19 heavy (non-hydrogen) atoms. The third-order valence-electron chi connectivity index (χ3n) is 2.88. The molecule has 4 heteroatoms. The quantitative estimate of drug-likeness (QED) is 0.930. The van der Waals surface area contributed by atoms with Crippen LogP contribution in [0.5, 0.6) is 5.75 Å². The first kappa shape index (κ1) is 13.8. The van der Waals surface area contributed by atoms with Crippen molar-refractivity contribution in [3.63, 3.8) is 0 Å². The summed E-state index contributed by atoms with van der Waals surface area (Å²) in [6.45, 7) is 4.38. The van der Waals surface area contributed by atoms with E-state index in [9.17, 15) is 0 Å². The highest BCUT2D eigenvalue weighted by Crippen LogP contribution is 2.32. The minimum absolute atomic E-state index is 0.462. The molecule has 1 heterocycles. The maximum atomic E-state index is 6.20. The predicted octanol–water partition coefficient (Wildman–Crippen LogP) is 3.51. The van der Waals surface area contributed by atoms with Crippen molar-refractivity contribution >= 4 is 11.6 Å². The van der Waals surface area contributed by atoms with Gasteiger partial charge in [0.2, 0.25) is 0 Å². The third-order valence-corrected chi connectivity index (χ3v) is 3.17. The molecule has 2 aromatic rings. The molecule has 0 aliphatic rings. The largest absolute Gasteiger partial charge is 0.480 e. The van der Waals surface area contributed by atoms with E-state index >= 15 is 0 Å². The summed E-state index contributed by atoms with van der Waals surface area (Å²) in [6.07, 6.45) is 1.75. The Bertz CT molecular complexity index is 555. The number of aromatic nitrogens is 1. The Morgan fingerprint density at radius 2 is 2.05 bits per heavy atom. The van der Waals surface area contributed by atoms with Crippen molar-refractivity contribution < 1.29 is 4.74 Å². The number of hydrogen-bond acceptors (Lipinski definition) is 3. The summed E-state index contributed by atoms with van der Waals surface area (Å²) in [6, 6.07) is 11.3. The van der Waals surface area contributed by atoms with Gasteiger partial charge in [-0.25, -0.2) is 0 Å². The van der Waals surface area contributed by atoms with Crippen LogP contribution in [-0.2, 0) is 12.1 Å². The van der Waals surface area contributed by atoms with Crippen molar-refractivity contribution in [2.75, 3.05) is 0 Å². The second-order valence-electron chi connectivity index (χ2n) is 4.80. The number of ether oxygens (including phenoxy) is 1. The highest BCUT2D eigenvalue weighted by Gasteiger charge is 2.24. The normalized spacial score (nSPS) is 11.4. The minimum atomic E-state index is -0.546. The minimum Gasteiger partial charge on any atom is -0.480 e. The van der Waals surface area contributed by atoms with Crippen LogP contribution in [0.3, 0.4) is 0 Å². The lowest BCUT2D eigenvalue weighted by Crippen LogP contribution is -2.26. The molecule has 3 nitrogen and oxygen atoms in total. The molecule has 0 aliphatic carbocycles. The number of nitrogens with zero attached hydrogens (tertiary/aromatic N) is 1. The van der Waals surface area contributed by atoms with Gasteiger partial charge in [-0.05, 0) is 43.7 Å². The number of hydrogen-bond donors (Lipinski definition) is 1. The van der Waals surface area contributed by atoms with Crippen LogP contribution in [0, 0.1) is 0 Å². The first-order valence-corrected chi connectivity index (χ1v) is 6.50.